The lowest BCUT2D eigenvalue weighted by molar-refractivity contribution is 0.793. The molecule has 0 amide bonds. The zero-order valence-corrected chi connectivity index (χ0v) is 34.5. The Kier molecular flexibility index (Phi) is 7.85. The Labute approximate surface area is 367 Å². The highest BCUT2D eigenvalue weighted by atomic mass is 15.1. The largest absolute Gasteiger partial charge is 0.310 e. The maximum atomic E-state index is 2.51. The molecule has 2 aliphatic rings. The van der Waals surface area contributed by atoms with Crippen LogP contribution >= 0.6 is 0 Å². The molecule has 2 nitrogen and oxygen atoms in total. The molecule has 0 atom stereocenters. The minimum absolute atomic E-state index is 0.468. The lowest BCUT2D eigenvalue weighted by Gasteiger charge is -2.33. The highest BCUT2D eigenvalue weighted by Crippen LogP contribution is 2.63. The van der Waals surface area contributed by atoms with Crippen LogP contribution in [0.2, 0.25) is 0 Å². The number of rotatable bonds is 6. The van der Waals surface area contributed by atoms with Crippen LogP contribution in [0.25, 0.3) is 72.0 Å². The van der Waals surface area contributed by atoms with Crippen LogP contribution in [-0.4, -0.2) is 4.57 Å². The molecule has 1 heterocycles. The summed E-state index contributed by atoms with van der Waals surface area (Å²) in [5.41, 5.74) is 21.5. The molecule has 10 aromatic carbocycles. The number of benzene rings is 10. The van der Waals surface area contributed by atoms with E-state index in [9.17, 15) is 0 Å². The normalized spacial score (nSPS) is 12.9. The summed E-state index contributed by atoms with van der Waals surface area (Å²) in [6.07, 6.45) is 0. The van der Waals surface area contributed by atoms with Crippen LogP contribution in [0.5, 0.6) is 0 Å². The highest BCUT2D eigenvalue weighted by Gasteiger charge is 2.51. The highest BCUT2D eigenvalue weighted by molar-refractivity contribution is 6.11. The van der Waals surface area contributed by atoms with Crippen LogP contribution < -0.4 is 4.90 Å². The van der Waals surface area contributed by atoms with Gasteiger partial charge < -0.3 is 9.47 Å². The Balaban J connectivity index is 1.12. The molecule has 0 N–H and O–H groups in total. The Bertz CT molecular complexity index is 3500. The standard InChI is InChI=1S/C61H40N2/c1-4-18-41(19-5-1)43-32-37-59(53(38-43)42-20-6-2-7-21-42)62(46-34-36-52-51-27-13-17-31-58(51)63(60(52)40-46)44-22-8-3-9-23-44)45-33-35-50-49-26-12-16-30-56(49)61(57(50)39-45)54-28-14-10-24-47(54)48-25-11-15-29-55(48)61/h1-40H. The van der Waals surface area contributed by atoms with Gasteiger partial charge in [0.2, 0.25) is 0 Å². The van der Waals surface area contributed by atoms with Gasteiger partial charge in [-0.15, -0.1) is 0 Å². The molecule has 0 aliphatic heterocycles. The molecule has 0 saturated heterocycles. The third-order valence-corrected chi connectivity index (χ3v) is 13.6. The average Bonchev–Trinajstić information content (AvgIpc) is 3.96. The van der Waals surface area contributed by atoms with Crippen molar-refractivity contribution in [2.24, 2.45) is 0 Å². The predicted octanol–water partition coefficient (Wildman–Crippen LogP) is 15.9. The van der Waals surface area contributed by atoms with Crippen LogP contribution in [0.1, 0.15) is 22.3 Å². The zero-order chi connectivity index (χ0) is 41.5. The maximum Gasteiger partial charge on any atom is 0.0726 e. The van der Waals surface area contributed by atoms with E-state index in [1.807, 2.05) is 0 Å². The maximum absolute atomic E-state index is 2.51. The topological polar surface area (TPSA) is 8.17 Å². The summed E-state index contributed by atoms with van der Waals surface area (Å²) in [5, 5.41) is 2.46. The fraction of sp³-hybridized carbons (Fsp3) is 0.0164. The fourth-order valence-corrected chi connectivity index (χ4v) is 11.0. The molecule has 0 radical (unpaired) electrons. The van der Waals surface area contributed by atoms with Crippen molar-refractivity contribution in [3.05, 3.63) is 265 Å². The Morgan fingerprint density at radius 1 is 0.302 bits per heavy atom. The summed E-state index contributed by atoms with van der Waals surface area (Å²) in [6.45, 7) is 0. The van der Waals surface area contributed by atoms with E-state index >= 15 is 0 Å². The lowest BCUT2D eigenvalue weighted by Crippen LogP contribution is -2.26. The number of aromatic nitrogens is 1. The fourth-order valence-electron chi connectivity index (χ4n) is 11.0. The number of hydrogen-bond acceptors (Lipinski definition) is 1. The van der Waals surface area contributed by atoms with E-state index in [1.165, 1.54) is 77.5 Å². The number of nitrogens with zero attached hydrogens (tertiary/aromatic N) is 2. The van der Waals surface area contributed by atoms with Gasteiger partial charge in [-0.05, 0) is 116 Å². The molecule has 0 saturated carbocycles. The first kappa shape index (κ1) is 35.5. The van der Waals surface area contributed by atoms with E-state index in [0.29, 0.717) is 0 Å². The predicted molar refractivity (Wildman–Crippen MR) is 263 cm³/mol. The van der Waals surface area contributed by atoms with Gasteiger partial charge in [-0.2, -0.15) is 0 Å². The van der Waals surface area contributed by atoms with Crippen molar-refractivity contribution in [2.75, 3.05) is 4.90 Å². The molecule has 2 aliphatic carbocycles. The van der Waals surface area contributed by atoms with E-state index < -0.39 is 5.41 Å². The van der Waals surface area contributed by atoms with Gasteiger partial charge in [0.15, 0.2) is 0 Å². The van der Waals surface area contributed by atoms with Gasteiger partial charge >= 0.3 is 0 Å². The monoisotopic (exact) mass is 800 g/mol. The molecule has 13 rings (SSSR count). The number of anilines is 3. The molecule has 294 valence electrons. The summed E-state index contributed by atoms with van der Waals surface area (Å²) in [7, 11) is 0. The second-order valence-electron chi connectivity index (χ2n) is 16.8. The van der Waals surface area contributed by atoms with Gasteiger partial charge in [0.1, 0.15) is 0 Å². The molecule has 11 aromatic rings. The third-order valence-electron chi connectivity index (χ3n) is 13.6. The van der Waals surface area contributed by atoms with Crippen molar-refractivity contribution in [2.45, 2.75) is 5.41 Å². The van der Waals surface area contributed by atoms with Crippen molar-refractivity contribution in [1.82, 2.24) is 4.57 Å². The second-order valence-corrected chi connectivity index (χ2v) is 16.8. The molecule has 1 aromatic heterocycles. The summed E-state index contributed by atoms with van der Waals surface area (Å²) < 4.78 is 2.42. The van der Waals surface area contributed by atoms with Gasteiger partial charge in [0.25, 0.3) is 0 Å². The van der Waals surface area contributed by atoms with E-state index in [-0.39, 0.29) is 0 Å². The SMILES string of the molecule is c1ccc(-c2ccc(N(c3ccc4c(c3)C3(c5ccccc5-c5ccccc53)c3ccccc3-4)c3ccc4c5ccccc5n(-c5ccccc5)c4c3)c(-c3ccccc3)c2)cc1. The number of hydrogen-bond donors (Lipinski definition) is 0. The van der Waals surface area contributed by atoms with Crippen LogP contribution in [0, 0.1) is 0 Å². The first-order chi connectivity index (χ1) is 31.3. The van der Waals surface area contributed by atoms with Crippen molar-refractivity contribution in [3.63, 3.8) is 0 Å². The summed E-state index contributed by atoms with van der Waals surface area (Å²) in [6, 6.07) is 89.6. The molecular formula is C61H40N2. The van der Waals surface area contributed by atoms with Crippen molar-refractivity contribution in [1.29, 1.82) is 0 Å². The molecule has 0 bridgehead atoms. The Hall–Kier alpha value is -8.20. The van der Waals surface area contributed by atoms with Crippen LogP contribution in [0.3, 0.4) is 0 Å². The van der Waals surface area contributed by atoms with E-state index in [1.54, 1.807) is 0 Å². The van der Waals surface area contributed by atoms with Gasteiger partial charge in [0.05, 0.1) is 22.1 Å². The van der Waals surface area contributed by atoms with Gasteiger partial charge in [-0.1, -0.05) is 188 Å². The molecular weight excluding hydrogens is 761 g/mol. The molecule has 0 unspecified atom stereocenters. The average molecular weight is 801 g/mol. The first-order valence-corrected chi connectivity index (χ1v) is 21.8. The van der Waals surface area contributed by atoms with Crippen LogP contribution in [0.4, 0.5) is 17.1 Å². The zero-order valence-electron chi connectivity index (χ0n) is 34.5. The third kappa shape index (κ3) is 5.19. The van der Waals surface area contributed by atoms with Gasteiger partial charge in [-0.25, -0.2) is 0 Å². The molecule has 2 heteroatoms. The van der Waals surface area contributed by atoms with Gasteiger partial charge in [-0.3, -0.25) is 0 Å². The molecule has 1 spiro atoms. The van der Waals surface area contributed by atoms with Gasteiger partial charge in [0, 0.05) is 33.4 Å². The summed E-state index contributed by atoms with van der Waals surface area (Å²) >= 11 is 0. The van der Waals surface area contributed by atoms with E-state index in [4.69, 9.17) is 0 Å². The first-order valence-electron chi connectivity index (χ1n) is 21.8. The Morgan fingerprint density at radius 3 is 1.48 bits per heavy atom. The summed E-state index contributed by atoms with van der Waals surface area (Å²) in [4.78, 5) is 2.51. The smallest absolute Gasteiger partial charge is 0.0726 e. The number of fused-ring (bicyclic) bond motifs is 13. The van der Waals surface area contributed by atoms with E-state index in [0.717, 1.165) is 33.8 Å². The molecule has 0 fully saturated rings. The van der Waals surface area contributed by atoms with Crippen LogP contribution in [-0.2, 0) is 5.41 Å². The van der Waals surface area contributed by atoms with Crippen molar-refractivity contribution < 1.29 is 0 Å². The second kappa shape index (κ2) is 13.9. The number of para-hydroxylation sites is 2. The summed E-state index contributed by atoms with van der Waals surface area (Å²) in [5.74, 6) is 0. The Morgan fingerprint density at radius 2 is 0.810 bits per heavy atom. The van der Waals surface area contributed by atoms with Crippen molar-refractivity contribution >= 4 is 38.9 Å². The quantitative estimate of drug-likeness (QED) is 0.163. The van der Waals surface area contributed by atoms with Crippen molar-refractivity contribution in [3.8, 4) is 50.2 Å². The van der Waals surface area contributed by atoms with E-state index in [2.05, 4.69) is 252 Å². The van der Waals surface area contributed by atoms with Crippen LogP contribution in [0.15, 0.2) is 243 Å². The lowest BCUT2D eigenvalue weighted by atomic mass is 9.70. The minimum atomic E-state index is -0.468. The minimum Gasteiger partial charge on any atom is -0.310 e. The molecule has 63 heavy (non-hydrogen) atoms.